The van der Waals surface area contributed by atoms with Crippen LogP contribution in [-0.4, -0.2) is 21.4 Å². The van der Waals surface area contributed by atoms with Crippen molar-refractivity contribution in [2.75, 3.05) is 0 Å². The summed E-state index contributed by atoms with van der Waals surface area (Å²) >= 11 is 0. The number of pyridine rings is 1. The molecule has 0 saturated carbocycles. The zero-order valence-electron chi connectivity index (χ0n) is 16.0. The van der Waals surface area contributed by atoms with Gasteiger partial charge in [0.25, 0.3) is 0 Å². The molecular formula is C22H23ClN2O4. The van der Waals surface area contributed by atoms with Gasteiger partial charge in [0.2, 0.25) is 0 Å². The molecule has 0 aliphatic carbocycles. The van der Waals surface area contributed by atoms with Gasteiger partial charge in [0.05, 0.1) is 18.5 Å². The number of aromatic nitrogens is 1. The zero-order chi connectivity index (χ0) is 19.8. The Kier molecular flexibility index (Phi) is 8.45. The minimum absolute atomic E-state index is 0. The van der Waals surface area contributed by atoms with E-state index < -0.39 is 0 Å². The second-order valence-electron chi connectivity index (χ2n) is 6.22. The van der Waals surface area contributed by atoms with Gasteiger partial charge >= 0.3 is 0 Å². The van der Waals surface area contributed by atoms with Gasteiger partial charge < -0.3 is 19.8 Å². The quantitative estimate of drug-likeness (QED) is 0.427. The molecule has 3 rings (SSSR count). The monoisotopic (exact) mass is 414 g/mol. The maximum absolute atomic E-state index is 10.1. The molecular weight excluding hydrogens is 392 g/mol. The van der Waals surface area contributed by atoms with Crippen molar-refractivity contribution in [1.29, 1.82) is 0 Å². The number of aryl methyl sites for hydroxylation is 1. The summed E-state index contributed by atoms with van der Waals surface area (Å²) < 4.78 is 5.75. The molecule has 29 heavy (non-hydrogen) atoms. The first kappa shape index (κ1) is 22.2. The van der Waals surface area contributed by atoms with Crippen LogP contribution in [0, 0.1) is 6.92 Å². The number of benzene rings is 2. The van der Waals surface area contributed by atoms with Crippen LogP contribution in [0.5, 0.6) is 11.5 Å². The fourth-order valence-corrected chi connectivity index (χ4v) is 2.55. The predicted octanol–water partition coefficient (Wildman–Crippen LogP) is 4.14. The lowest BCUT2D eigenvalue weighted by Crippen LogP contribution is -1.98. The normalized spacial score (nSPS) is 10.6. The summed E-state index contributed by atoms with van der Waals surface area (Å²) in [6.45, 7) is 2.22. The Morgan fingerprint density at radius 1 is 1.00 bits per heavy atom. The van der Waals surface area contributed by atoms with Crippen molar-refractivity contribution in [2.45, 2.75) is 26.7 Å². The average molecular weight is 415 g/mol. The van der Waals surface area contributed by atoms with E-state index in [1.54, 1.807) is 6.92 Å². The van der Waals surface area contributed by atoms with Crippen molar-refractivity contribution < 1.29 is 19.8 Å². The standard InChI is InChI=1S/C22H22N2O4.ClH/c1-16-22(26)21(19(13-25)11-23-16)12-24-28-15-18-7-9-20(10-8-18)27-14-17-5-3-2-4-6-17;/h2-12,25-26H,13-15H2,1H3;1H/b24-12+;. The number of ether oxygens (including phenoxy) is 1. The second-order valence-corrected chi connectivity index (χ2v) is 6.22. The number of oxime groups is 1. The molecule has 0 bridgehead atoms. The Hall–Kier alpha value is -3.09. The predicted molar refractivity (Wildman–Crippen MR) is 113 cm³/mol. The average Bonchev–Trinajstić information content (AvgIpc) is 2.74. The van der Waals surface area contributed by atoms with Crippen molar-refractivity contribution in [3.05, 3.63) is 88.7 Å². The molecule has 7 heteroatoms. The van der Waals surface area contributed by atoms with Crippen LogP contribution >= 0.6 is 12.4 Å². The molecule has 2 aromatic carbocycles. The number of hydrogen-bond donors (Lipinski definition) is 2. The first-order chi connectivity index (χ1) is 13.7. The summed E-state index contributed by atoms with van der Waals surface area (Å²) in [5.74, 6) is 0.764. The minimum Gasteiger partial charge on any atom is -0.505 e. The Morgan fingerprint density at radius 3 is 2.38 bits per heavy atom. The van der Waals surface area contributed by atoms with E-state index in [4.69, 9.17) is 9.57 Å². The van der Waals surface area contributed by atoms with Crippen molar-refractivity contribution >= 4 is 18.6 Å². The summed E-state index contributed by atoms with van der Waals surface area (Å²) in [5.41, 5.74) is 3.39. The van der Waals surface area contributed by atoms with Gasteiger partial charge in [-0.1, -0.05) is 47.6 Å². The number of halogens is 1. The van der Waals surface area contributed by atoms with E-state index in [1.165, 1.54) is 12.4 Å². The lowest BCUT2D eigenvalue weighted by Gasteiger charge is -2.08. The summed E-state index contributed by atoms with van der Waals surface area (Å²) in [4.78, 5) is 9.31. The summed E-state index contributed by atoms with van der Waals surface area (Å²) in [6, 6.07) is 17.6. The van der Waals surface area contributed by atoms with Crippen LogP contribution in [0.3, 0.4) is 0 Å². The van der Waals surface area contributed by atoms with Crippen LogP contribution in [0.2, 0.25) is 0 Å². The molecule has 0 amide bonds. The fourth-order valence-electron chi connectivity index (χ4n) is 2.55. The van der Waals surface area contributed by atoms with Crippen LogP contribution < -0.4 is 4.74 Å². The van der Waals surface area contributed by atoms with E-state index in [2.05, 4.69) is 10.1 Å². The first-order valence-electron chi connectivity index (χ1n) is 8.86. The van der Waals surface area contributed by atoms with Crippen LogP contribution in [0.15, 0.2) is 65.9 Å². The molecule has 0 spiro atoms. The molecule has 0 radical (unpaired) electrons. The summed E-state index contributed by atoms with van der Waals surface area (Å²) in [6.07, 6.45) is 2.89. The zero-order valence-corrected chi connectivity index (χ0v) is 16.8. The molecule has 0 fully saturated rings. The lowest BCUT2D eigenvalue weighted by atomic mass is 10.1. The third-order valence-corrected chi connectivity index (χ3v) is 4.19. The fraction of sp³-hybridized carbons (Fsp3) is 0.182. The first-order valence-corrected chi connectivity index (χ1v) is 8.86. The van der Waals surface area contributed by atoms with Gasteiger partial charge in [-0.05, 0) is 30.2 Å². The Bertz CT molecular complexity index is 932. The van der Waals surface area contributed by atoms with E-state index >= 15 is 0 Å². The molecule has 152 valence electrons. The maximum atomic E-state index is 10.1. The van der Waals surface area contributed by atoms with Crippen LogP contribution in [-0.2, 0) is 24.7 Å². The van der Waals surface area contributed by atoms with Gasteiger partial charge in [-0.3, -0.25) is 4.98 Å². The molecule has 6 nitrogen and oxygen atoms in total. The highest BCUT2D eigenvalue weighted by atomic mass is 35.5. The highest BCUT2D eigenvalue weighted by molar-refractivity contribution is 5.85. The number of aromatic hydroxyl groups is 1. The number of aliphatic hydroxyl groups is 1. The molecule has 3 aromatic rings. The van der Waals surface area contributed by atoms with E-state index in [9.17, 15) is 10.2 Å². The Morgan fingerprint density at radius 2 is 1.69 bits per heavy atom. The largest absolute Gasteiger partial charge is 0.505 e. The number of hydrogen-bond acceptors (Lipinski definition) is 6. The number of rotatable bonds is 8. The lowest BCUT2D eigenvalue weighted by molar-refractivity contribution is 0.132. The van der Waals surface area contributed by atoms with Gasteiger partial charge in [0.15, 0.2) is 0 Å². The Balaban J connectivity index is 0.00000300. The second kappa shape index (κ2) is 11.0. The van der Waals surface area contributed by atoms with Gasteiger partial charge in [0.1, 0.15) is 24.7 Å². The maximum Gasteiger partial charge on any atom is 0.146 e. The van der Waals surface area contributed by atoms with Crippen molar-refractivity contribution in [2.24, 2.45) is 5.16 Å². The van der Waals surface area contributed by atoms with Gasteiger partial charge in [0, 0.05) is 17.3 Å². The summed E-state index contributed by atoms with van der Waals surface area (Å²) in [5, 5.41) is 23.3. The number of aliphatic hydroxyl groups excluding tert-OH is 1. The molecule has 0 aliphatic heterocycles. The van der Waals surface area contributed by atoms with E-state index in [0.29, 0.717) is 23.4 Å². The van der Waals surface area contributed by atoms with E-state index in [0.717, 1.165) is 16.9 Å². The molecule has 0 unspecified atom stereocenters. The SMILES string of the molecule is Cc1ncc(CO)c(/C=N/OCc2ccc(OCc3ccccc3)cc2)c1O.Cl. The molecule has 0 saturated heterocycles. The third kappa shape index (κ3) is 6.20. The van der Waals surface area contributed by atoms with Crippen LogP contribution in [0.1, 0.15) is 27.9 Å². The third-order valence-electron chi connectivity index (χ3n) is 4.19. The molecule has 1 aromatic heterocycles. The smallest absolute Gasteiger partial charge is 0.146 e. The summed E-state index contributed by atoms with van der Waals surface area (Å²) in [7, 11) is 0. The van der Waals surface area contributed by atoms with Crippen LogP contribution in [0.4, 0.5) is 0 Å². The molecule has 0 atom stereocenters. The molecule has 1 heterocycles. The van der Waals surface area contributed by atoms with Crippen molar-refractivity contribution in [1.82, 2.24) is 4.98 Å². The van der Waals surface area contributed by atoms with Gasteiger partial charge in [-0.25, -0.2) is 0 Å². The van der Waals surface area contributed by atoms with Crippen LogP contribution in [0.25, 0.3) is 0 Å². The van der Waals surface area contributed by atoms with Crippen molar-refractivity contribution in [3.8, 4) is 11.5 Å². The highest BCUT2D eigenvalue weighted by Gasteiger charge is 2.09. The van der Waals surface area contributed by atoms with Gasteiger partial charge in [-0.2, -0.15) is 0 Å². The molecule has 2 N–H and O–H groups in total. The van der Waals surface area contributed by atoms with E-state index in [-0.39, 0.29) is 31.4 Å². The topological polar surface area (TPSA) is 84.2 Å². The van der Waals surface area contributed by atoms with Gasteiger partial charge in [-0.15, -0.1) is 12.4 Å². The highest BCUT2D eigenvalue weighted by Crippen LogP contribution is 2.22. The van der Waals surface area contributed by atoms with Crippen molar-refractivity contribution in [3.63, 3.8) is 0 Å². The Labute approximate surface area is 175 Å². The number of nitrogens with zero attached hydrogens (tertiary/aromatic N) is 2. The molecule has 0 aliphatic rings. The minimum atomic E-state index is -0.243. The van der Waals surface area contributed by atoms with E-state index in [1.807, 2.05) is 54.6 Å².